The molecule has 0 spiro atoms. The van der Waals surface area contributed by atoms with Crippen molar-refractivity contribution in [2.75, 3.05) is 26.4 Å². The Balaban J connectivity index is 4.85. The van der Waals surface area contributed by atoms with E-state index in [4.69, 9.17) is 25.0 Å². The minimum absolute atomic E-state index is 0.0183. The number of aliphatic hydroxyl groups is 5. The van der Waals surface area contributed by atoms with Crippen LogP contribution in [0.1, 0.15) is 195 Å². The topological polar surface area (TPSA) is 210 Å². The van der Waals surface area contributed by atoms with Gasteiger partial charge in [-0.25, -0.2) is 4.57 Å². The molecule has 0 rings (SSSR count). The van der Waals surface area contributed by atoms with Crippen molar-refractivity contribution in [2.45, 2.75) is 224 Å². The number of unbranched alkanes of at least 4 members (excludes halogenated alkanes) is 24. The fourth-order valence-corrected chi connectivity index (χ4v) is 7.17. The van der Waals surface area contributed by atoms with Crippen molar-refractivity contribution in [3.05, 3.63) is 0 Å². The normalized spacial score (nSPS) is 16.4. The molecule has 0 aromatic carbocycles. The van der Waals surface area contributed by atoms with Crippen LogP contribution in [0.4, 0.5) is 0 Å². The summed E-state index contributed by atoms with van der Waals surface area (Å²) in [6.45, 7) is -0.298. The highest BCUT2D eigenvalue weighted by Gasteiger charge is 2.37. The van der Waals surface area contributed by atoms with Gasteiger partial charge in [0.15, 0.2) is 6.10 Å². The molecule has 13 nitrogen and oxygen atoms in total. The van der Waals surface area contributed by atoms with Crippen LogP contribution in [0.2, 0.25) is 0 Å². The van der Waals surface area contributed by atoms with E-state index < -0.39 is 76.7 Å². The van der Waals surface area contributed by atoms with Crippen molar-refractivity contribution in [3.63, 3.8) is 0 Å². The summed E-state index contributed by atoms with van der Waals surface area (Å²) >= 11 is 0. The lowest BCUT2D eigenvalue weighted by Crippen LogP contribution is -2.47. The first-order chi connectivity index (χ1) is 26.9. The number of ether oxygens (including phenoxy) is 2. The van der Waals surface area contributed by atoms with Gasteiger partial charge in [0.25, 0.3) is 0 Å². The van der Waals surface area contributed by atoms with Gasteiger partial charge in [-0.15, -0.1) is 0 Å². The predicted molar refractivity (Wildman–Crippen MR) is 214 cm³/mol. The zero-order valence-electron chi connectivity index (χ0n) is 35.4. The molecule has 328 valence electrons. The van der Waals surface area contributed by atoms with Crippen LogP contribution in [0.25, 0.3) is 0 Å². The lowest BCUT2D eigenvalue weighted by atomic mass is 10.0. The highest BCUT2D eigenvalue weighted by Crippen LogP contribution is 2.45. The van der Waals surface area contributed by atoms with Crippen molar-refractivity contribution in [1.29, 1.82) is 0 Å². The maximum atomic E-state index is 12.7. The van der Waals surface area contributed by atoms with Gasteiger partial charge in [-0.3, -0.25) is 18.6 Å². The number of hydrogen-bond acceptors (Lipinski definition) is 12. The molecule has 0 radical (unpaired) electrons. The molecular weight excluding hydrogens is 731 g/mol. The second-order valence-electron chi connectivity index (χ2n) is 15.0. The van der Waals surface area contributed by atoms with E-state index in [-0.39, 0.29) is 12.8 Å². The Morgan fingerprint density at radius 3 is 1.35 bits per heavy atom. The molecule has 0 aliphatic carbocycles. The minimum Gasteiger partial charge on any atom is -0.462 e. The van der Waals surface area contributed by atoms with E-state index in [9.17, 15) is 39.5 Å². The molecule has 6 N–H and O–H groups in total. The van der Waals surface area contributed by atoms with Crippen molar-refractivity contribution in [1.82, 2.24) is 0 Å². The van der Waals surface area contributed by atoms with E-state index in [1.54, 1.807) is 0 Å². The van der Waals surface area contributed by atoms with E-state index in [0.717, 1.165) is 51.4 Å². The Morgan fingerprint density at radius 2 is 0.964 bits per heavy atom. The Kier molecular flexibility index (Phi) is 35.0. The van der Waals surface area contributed by atoms with Crippen LogP contribution in [-0.4, -0.2) is 99.3 Å². The lowest BCUT2D eigenvalue weighted by molar-refractivity contribution is -0.161. The molecule has 14 heteroatoms. The smallest absolute Gasteiger partial charge is 0.462 e. The third-order valence-electron chi connectivity index (χ3n) is 9.77. The second kappa shape index (κ2) is 37.1. The summed E-state index contributed by atoms with van der Waals surface area (Å²) in [4.78, 5) is 35.6. The Morgan fingerprint density at radius 1 is 0.582 bits per heavy atom. The standard InChI is InChI=1S/C41H81O13P/c1-3-5-7-9-11-13-15-16-17-18-20-21-23-25-27-29-38(45)51-33-35(53-39(46)30-28-26-24-22-19-14-12-10-8-6-4-2)34-52-55(49,50)54-37(32-43)41(48)40(47)36(44)31-42/h35-37,40-44,47-48H,3-34H2,1-2H3,(H,49,50)/t35-,36-,37-,40-,41-/m1/s1/i33D/t33?,35-,36-,37-,40-,41-. The van der Waals surface area contributed by atoms with E-state index in [1.165, 1.54) is 103 Å². The third-order valence-corrected chi connectivity index (χ3v) is 10.8. The van der Waals surface area contributed by atoms with Gasteiger partial charge in [-0.05, 0) is 12.8 Å². The van der Waals surface area contributed by atoms with Gasteiger partial charge < -0.3 is 39.9 Å². The molecule has 0 heterocycles. The quantitative estimate of drug-likeness (QED) is 0.0197. The van der Waals surface area contributed by atoms with Crippen molar-refractivity contribution >= 4 is 19.8 Å². The zero-order valence-corrected chi connectivity index (χ0v) is 35.3. The molecule has 2 unspecified atom stereocenters. The van der Waals surface area contributed by atoms with Crippen LogP contribution in [0.5, 0.6) is 0 Å². The maximum absolute atomic E-state index is 12.7. The molecule has 0 aromatic heterocycles. The van der Waals surface area contributed by atoms with Gasteiger partial charge in [0.1, 0.15) is 31.0 Å². The van der Waals surface area contributed by atoms with Gasteiger partial charge in [0.2, 0.25) is 0 Å². The van der Waals surface area contributed by atoms with Gasteiger partial charge >= 0.3 is 19.8 Å². The van der Waals surface area contributed by atoms with E-state index in [0.29, 0.717) is 12.8 Å². The molecule has 0 aliphatic rings. The zero-order chi connectivity index (χ0) is 41.9. The van der Waals surface area contributed by atoms with E-state index in [2.05, 4.69) is 13.8 Å². The molecule has 7 atom stereocenters. The van der Waals surface area contributed by atoms with Gasteiger partial charge in [0, 0.05) is 12.8 Å². The van der Waals surface area contributed by atoms with E-state index in [1.807, 2.05) is 0 Å². The van der Waals surface area contributed by atoms with Crippen LogP contribution in [0.15, 0.2) is 0 Å². The van der Waals surface area contributed by atoms with Crippen LogP contribution in [0.3, 0.4) is 0 Å². The number of hydrogen-bond donors (Lipinski definition) is 6. The van der Waals surface area contributed by atoms with Crippen molar-refractivity contribution in [3.8, 4) is 0 Å². The molecule has 55 heavy (non-hydrogen) atoms. The van der Waals surface area contributed by atoms with Crippen LogP contribution in [-0.2, 0) is 32.7 Å². The molecule has 0 bridgehead atoms. The molecular formula is C41H81O13P. The minimum atomic E-state index is -5.15. The first kappa shape index (κ1) is 51.9. The fourth-order valence-electron chi connectivity index (χ4n) is 6.24. The highest BCUT2D eigenvalue weighted by atomic mass is 31.2. The van der Waals surface area contributed by atoms with E-state index >= 15 is 0 Å². The van der Waals surface area contributed by atoms with Gasteiger partial charge in [0.05, 0.1) is 21.2 Å². The molecule has 0 fully saturated rings. The highest BCUT2D eigenvalue weighted by molar-refractivity contribution is 7.47. The van der Waals surface area contributed by atoms with Gasteiger partial charge in [-0.2, -0.15) is 0 Å². The maximum Gasteiger partial charge on any atom is 0.472 e. The summed E-state index contributed by atoms with van der Waals surface area (Å²) in [5, 5.41) is 48.3. The molecule has 0 aromatic rings. The van der Waals surface area contributed by atoms with Crippen LogP contribution < -0.4 is 0 Å². The Labute approximate surface area is 334 Å². The number of carbonyl (C=O) groups is 2. The second-order valence-corrected chi connectivity index (χ2v) is 16.4. The van der Waals surface area contributed by atoms with Crippen LogP contribution in [0, 0.1) is 0 Å². The summed E-state index contributed by atoms with van der Waals surface area (Å²) in [7, 11) is -5.15. The van der Waals surface area contributed by atoms with Crippen molar-refractivity contribution in [2.24, 2.45) is 0 Å². The number of aliphatic hydroxyl groups excluding tert-OH is 5. The number of esters is 2. The van der Waals surface area contributed by atoms with Gasteiger partial charge in [-0.1, -0.05) is 168 Å². The first-order valence-corrected chi connectivity index (χ1v) is 23.1. The average molecular weight is 814 g/mol. The SMILES string of the molecule is [2H]C(OC(=O)CCCCCCCCCCCCCCCCC)[C@H](COP(=O)(O)O[C@H](CO)[C@@H](O)[C@H](O)[C@H](O)CO)OC(=O)CCCCCCCCCCCCC. The molecule has 0 aliphatic heterocycles. The summed E-state index contributed by atoms with van der Waals surface area (Å²) in [5.41, 5.74) is 0. The average Bonchev–Trinajstić information content (AvgIpc) is 3.18. The van der Waals surface area contributed by atoms with Crippen LogP contribution >= 0.6 is 7.82 Å². The molecule has 0 amide bonds. The summed E-state index contributed by atoms with van der Waals surface area (Å²) in [6.07, 6.45) is 20.1. The predicted octanol–water partition coefficient (Wildman–Crippen LogP) is 7.97. The molecule has 0 saturated heterocycles. The lowest BCUT2D eigenvalue weighted by Gasteiger charge is -2.28. The number of phosphoric acid groups is 1. The first-order valence-electron chi connectivity index (χ1n) is 22.2. The number of carbonyl (C=O) groups excluding carboxylic acids is 2. The Bertz CT molecular complexity index is 978. The monoisotopic (exact) mass is 814 g/mol. The summed E-state index contributed by atoms with van der Waals surface area (Å²) < 4.78 is 41.4. The van der Waals surface area contributed by atoms with Crippen molar-refractivity contribution < 1.29 is 64.5 Å². The largest absolute Gasteiger partial charge is 0.472 e. The third kappa shape index (κ3) is 32.5. The fraction of sp³-hybridized carbons (Fsp3) is 0.951. The number of phosphoric ester groups is 1. The Hall–Kier alpha value is -1.15. The summed E-state index contributed by atoms with van der Waals surface area (Å²) in [6, 6.07) is 0. The molecule has 0 saturated carbocycles. The number of rotatable bonds is 41. The summed E-state index contributed by atoms with van der Waals surface area (Å²) in [5.74, 6) is -1.39.